The monoisotopic (exact) mass is 499 g/mol. The summed E-state index contributed by atoms with van der Waals surface area (Å²) in [4.78, 5) is 29.1. The maximum absolute atomic E-state index is 13.4. The Morgan fingerprint density at radius 2 is 1.53 bits per heavy atom. The van der Waals surface area contributed by atoms with Crippen molar-refractivity contribution in [2.45, 2.75) is 18.9 Å². The number of halogens is 3. The summed E-state index contributed by atoms with van der Waals surface area (Å²) < 4.78 is 26.6. The van der Waals surface area contributed by atoms with E-state index in [2.05, 4.69) is 5.32 Å². The second-order valence-corrected chi connectivity index (χ2v) is 8.58. The van der Waals surface area contributed by atoms with Crippen LogP contribution in [0.15, 0.2) is 72.8 Å². The van der Waals surface area contributed by atoms with E-state index >= 15 is 0 Å². The molecule has 1 N–H and O–H groups in total. The van der Waals surface area contributed by atoms with E-state index in [0.29, 0.717) is 29.4 Å². The molecule has 3 aromatic rings. The average Bonchev–Trinajstić information content (AvgIpc) is 3.04. The van der Waals surface area contributed by atoms with Crippen molar-refractivity contribution in [1.82, 2.24) is 4.90 Å². The van der Waals surface area contributed by atoms with Gasteiger partial charge in [-0.15, -0.1) is 0 Å². The maximum atomic E-state index is 13.4. The van der Waals surface area contributed by atoms with Crippen LogP contribution in [0.3, 0.4) is 0 Å². The molecule has 1 heterocycles. The van der Waals surface area contributed by atoms with Crippen molar-refractivity contribution in [3.8, 4) is 0 Å². The number of hydrogen-bond acceptors (Lipinski definition) is 3. The second-order valence-electron chi connectivity index (χ2n) is 7.78. The third kappa shape index (κ3) is 5.40. The van der Waals surface area contributed by atoms with Crippen molar-refractivity contribution in [3.63, 3.8) is 0 Å². The van der Waals surface area contributed by atoms with Gasteiger partial charge < -0.3 is 10.2 Å². The van der Waals surface area contributed by atoms with Gasteiger partial charge in [-0.3, -0.25) is 14.5 Å². The first-order chi connectivity index (χ1) is 16.3. The van der Waals surface area contributed by atoms with E-state index in [1.54, 1.807) is 17.0 Å². The molecule has 34 heavy (non-hydrogen) atoms. The number of amides is 2. The molecule has 0 saturated carbocycles. The predicted molar refractivity (Wildman–Crippen MR) is 132 cm³/mol. The van der Waals surface area contributed by atoms with Crippen molar-refractivity contribution >= 4 is 52.1 Å². The molecule has 1 aliphatic heterocycles. The van der Waals surface area contributed by atoms with Gasteiger partial charge in [0.25, 0.3) is 5.91 Å². The van der Waals surface area contributed by atoms with E-state index < -0.39 is 23.6 Å². The minimum atomic E-state index is -0.842. The largest absolute Gasteiger partial charge is 0.336 e. The van der Waals surface area contributed by atoms with Crippen LogP contribution in [0.5, 0.6) is 0 Å². The van der Waals surface area contributed by atoms with Crippen molar-refractivity contribution in [1.29, 1.82) is 0 Å². The standard InChI is InChI=1S/C25H20ClF2N3O2S/c26-17-3-1-16(2-4-17)13-14-30-22(15-23(32)29-20-9-5-18(27)6-10-20)24(33)31(25(30)34)21-11-7-19(28)8-12-21/h1-12,22H,13-15H2,(H,29,32)/t22-/m0/s1. The summed E-state index contributed by atoms with van der Waals surface area (Å²) in [6, 6.07) is 17.3. The van der Waals surface area contributed by atoms with Gasteiger partial charge >= 0.3 is 0 Å². The smallest absolute Gasteiger partial charge is 0.256 e. The Morgan fingerprint density at radius 3 is 2.15 bits per heavy atom. The fraction of sp³-hybridized carbons (Fsp3) is 0.160. The van der Waals surface area contributed by atoms with Crippen LogP contribution in [-0.2, 0) is 16.0 Å². The lowest BCUT2D eigenvalue weighted by atomic mass is 10.1. The fourth-order valence-corrected chi connectivity index (χ4v) is 4.28. The molecule has 0 aliphatic carbocycles. The number of hydrogen-bond donors (Lipinski definition) is 1. The molecule has 2 amide bonds. The van der Waals surface area contributed by atoms with Crippen LogP contribution in [0.4, 0.5) is 20.2 Å². The zero-order valence-corrected chi connectivity index (χ0v) is 19.5. The minimum absolute atomic E-state index is 0.158. The number of rotatable bonds is 7. The number of anilines is 2. The Hall–Kier alpha value is -3.36. The van der Waals surface area contributed by atoms with Gasteiger partial charge in [-0.1, -0.05) is 23.7 Å². The van der Waals surface area contributed by atoms with Crippen LogP contribution in [0.1, 0.15) is 12.0 Å². The van der Waals surface area contributed by atoms with Gasteiger partial charge in [-0.2, -0.15) is 0 Å². The Labute approximate surface area is 205 Å². The van der Waals surface area contributed by atoms with Crippen molar-refractivity contribution < 1.29 is 18.4 Å². The summed E-state index contributed by atoms with van der Waals surface area (Å²) in [5, 5.41) is 3.54. The number of carbonyl (C=O) groups excluding carboxylic acids is 2. The molecule has 0 unspecified atom stereocenters. The number of thiocarbonyl (C=S) groups is 1. The first kappa shape index (κ1) is 23.8. The van der Waals surface area contributed by atoms with Crippen molar-refractivity contribution in [2.24, 2.45) is 0 Å². The minimum Gasteiger partial charge on any atom is -0.336 e. The lowest BCUT2D eigenvalue weighted by Gasteiger charge is -2.24. The fourth-order valence-electron chi connectivity index (χ4n) is 3.74. The Morgan fingerprint density at radius 1 is 0.941 bits per heavy atom. The Balaban J connectivity index is 1.55. The quantitative estimate of drug-likeness (QED) is 0.454. The van der Waals surface area contributed by atoms with Crippen LogP contribution in [0.25, 0.3) is 0 Å². The third-order valence-electron chi connectivity index (χ3n) is 5.46. The zero-order valence-electron chi connectivity index (χ0n) is 17.9. The molecule has 0 spiro atoms. The molecule has 0 bridgehead atoms. The van der Waals surface area contributed by atoms with Gasteiger partial charge in [0.05, 0.1) is 12.1 Å². The highest BCUT2D eigenvalue weighted by Crippen LogP contribution is 2.28. The van der Waals surface area contributed by atoms with Gasteiger partial charge in [0, 0.05) is 17.3 Å². The van der Waals surface area contributed by atoms with E-state index in [9.17, 15) is 18.4 Å². The first-order valence-corrected chi connectivity index (χ1v) is 11.3. The van der Waals surface area contributed by atoms with E-state index in [1.165, 1.54) is 53.4 Å². The Kier molecular flexibility index (Phi) is 7.19. The lowest BCUT2D eigenvalue weighted by molar-refractivity contribution is -0.124. The van der Waals surface area contributed by atoms with Crippen LogP contribution in [-0.4, -0.2) is 34.4 Å². The second kappa shape index (κ2) is 10.3. The molecule has 9 heteroatoms. The van der Waals surface area contributed by atoms with Gasteiger partial charge in [-0.25, -0.2) is 8.78 Å². The molecule has 0 aromatic heterocycles. The summed E-state index contributed by atoms with van der Waals surface area (Å²) in [5.41, 5.74) is 1.84. The molecule has 0 radical (unpaired) electrons. The summed E-state index contributed by atoms with van der Waals surface area (Å²) >= 11 is 11.6. The predicted octanol–water partition coefficient (Wildman–Crippen LogP) is 5.19. The molecule has 4 rings (SSSR count). The lowest BCUT2D eigenvalue weighted by Crippen LogP contribution is -2.39. The van der Waals surface area contributed by atoms with E-state index in [4.69, 9.17) is 23.8 Å². The number of carbonyl (C=O) groups is 2. The number of nitrogens with zero attached hydrogens (tertiary/aromatic N) is 2. The van der Waals surface area contributed by atoms with Crippen molar-refractivity contribution in [3.05, 3.63) is 95.0 Å². The highest BCUT2D eigenvalue weighted by Gasteiger charge is 2.43. The highest BCUT2D eigenvalue weighted by atomic mass is 35.5. The first-order valence-electron chi connectivity index (χ1n) is 10.5. The van der Waals surface area contributed by atoms with E-state index in [0.717, 1.165) is 5.56 Å². The summed E-state index contributed by atoms with van der Waals surface area (Å²) in [7, 11) is 0. The van der Waals surface area contributed by atoms with Crippen LogP contribution in [0, 0.1) is 11.6 Å². The van der Waals surface area contributed by atoms with Gasteiger partial charge in [0.2, 0.25) is 5.91 Å². The van der Waals surface area contributed by atoms with Gasteiger partial charge in [0.15, 0.2) is 5.11 Å². The molecular formula is C25H20ClF2N3O2S. The summed E-state index contributed by atoms with van der Waals surface area (Å²) in [6.45, 7) is 0.387. The number of nitrogens with one attached hydrogen (secondary N) is 1. The van der Waals surface area contributed by atoms with Crippen LogP contribution in [0.2, 0.25) is 5.02 Å². The summed E-state index contributed by atoms with van der Waals surface area (Å²) in [6.07, 6.45) is 0.409. The topological polar surface area (TPSA) is 52.7 Å². The molecule has 174 valence electrons. The number of benzene rings is 3. The third-order valence-corrected chi connectivity index (χ3v) is 6.13. The van der Waals surface area contributed by atoms with E-state index in [1.807, 2.05) is 12.1 Å². The molecule has 1 aliphatic rings. The molecule has 1 saturated heterocycles. The maximum Gasteiger partial charge on any atom is 0.256 e. The van der Waals surface area contributed by atoms with Gasteiger partial charge in [0.1, 0.15) is 17.7 Å². The molecule has 1 fully saturated rings. The average molecular weight is 500 g/mol. The van der Waals surface area contributed by atoms with Gasteiger partial charge in [-0.05, 0) is 84.9 Å². The molecular weight excluding hydrogens is 480 g/mol. The van der Waals surface area contributed by atoms with E-state index in [-0.39, 0.29) is 17.4 Å². The van der Waals surface area contributed by atoms with Crippen LogP contribution < -0.4 is 10.2 Å². The Bertz CT molecular complexity index is 1200. The zero-order chi connectivity index (χ0) is 24.2. The van der Waals surface area contributed by atoms with Crippen LogP contribution >= 0.6 is 23.8 Å². The highest BCUT2D eigenvalue weighted by molar-refractivity contribution is 7.80. The molecule has 5 nitrogen and oxygen atoms in total. The molecule has 3 aromatic carbocycles. The summed E-state index contributed by atoms with van der Waals surface area (Å²) in [5.74, 6) is -1.64. The SMILES string of the molecule is O=C(C[C@H]1C(=O)N(c2ccc(F)cc2)C(=S)N1CCc1ccc(Cl)cc1)Nc1ccc(F)cc1. The normalized spacial score (nSPS) is 15.7. The molecule has 1 atom stereocenters. The van der Waals surface area contributed by atoms with Crippen molar-refractivity contribution in [2.75, 3.05) is 16.8 Å².